The molecule has 2 saturated heterocycles. The van der Waals surface area contributed by atoms with Crippen LogP contribution in [0.3, 0.4) is 0 Å². The molecule has 1 aromatic heterocycles. The van der Waals surface area contributed by atoms with Crippen molar-refractivity contribution in [1.82, 2.24) is 9.88 Å². The topological polar surface area (TPSA) is 66.0 Å². The summed E-state index contributed by atoms with van der Waals surface area (Å²) in [4.78, 5) is 36.5. The number of esters is 1. The highest BCUT2D eigenvalue weighted by molar-refractivity contribution is 5.83. The molecule has 2 unspecified atom stereocenters. The van der Waals surface area contributed by atoms with Gasteiger partial charge in [-0.3, -0.25) is 9.59 Å². The molecule has 3 aliphatic rings. The Balaban J connectivity index is 1.41. The van der Waals surface area contributed by atoms with Gasteiger partial charge in [0.15, 0.2) is 0 Å². The van der Waals surface area contributed by atoms with Gasteiger partial charge < -0.3 is 19.4 Å². The third-order valence-corrected chi connectivity index (χ3v) is 7.76. The SMILES string of the molecule is CCOC(=O)C1CCN(C(=O)C2Cc3cc(C(F)(F)F)ccc3N3CCN(c4ccccn4)CC23)CC1. The van der Waals surface area contributed by atoms with Crippen LogP contribution in [0.15, 0.2) is 42.6 Å². The van der Waals surface area contributed by atoms with E-state index in [1.807, 2.05) is 18.2 Å². The number of benzene rings is 1. The van der Waals surface area contributed by atoms with Gasteiger partial charge >= 0.3 is 12.1 Å². The molecular weight excluding hydrogens is 485 g/mol. The Morgan fingerprint density at radius 2 is 1.86 bits per heavy atom. The molecule has 3 aliphatic heterocycles. The molecule has 4 heterocycles. The standard InChI is InChI=1S/C27H31F3N4O3/c1-2-37-26(36)18-8-11-32(12-9-18)25(35)21-16-19-15-20(27(28,29)30)6-7-22(19)34-14-13-33(17-23(21)34)24-5-3-4-10-31-24/h3-7,10,15,18,21,23H,2,8-9,11-14,16-17H2,1H3. The van der Waals surface area contributed by atoms with Crippen molar-refractivity contribution in [3.63, 3.8) is 0 Å². The predicted octanol–water partition coefficient (Wildman–Crippen LogP) is 3.77. The van der Waals surface area contributed by atoms with Gasteiger partial charge in [-0.1, -0.05) is 6.07 Å². The van der Waals surface area contributed by atoms with Crippen LogP contribution < -0.4 is 9.80 Å². The maximum absolute atomic E-state index is 13.9. The van der Waals surface area contributed by atoms with Crippen LogP contribution in [0.4, 0.5) is 24.7 Å². The molecule has 5 rings (SSSR count). The number of fused-ring (bicyclic) bond motifs is 3. The lowest BCUT2D eigenvalue weighted by Gasteiger charge is -2.50. The summed E-state index contributed by atoms with van der Waals surface area (Å²) in [5, 5.41) is 0. The molecule has 0 aliphatic carbocycles. The molecule has 0 spiro atoms. The molecule has 198 valence electrons. The molecule has 2 fully saturated rings. The van der Waals surface area contributed by atoms with Gasteiger partial charge in [0.2, 0.25) is 5.91 Å². The molecule has 37 heavy (non-hydrogen) atoms. The highest BCUT2D eigenvalue weighted by Gasteiger charge is 2.44. The Hall–Kier alpha value is -3.30. The number of rotatable bonds is 4. The number of carbonyl (C=O) groups is 2. The first-order valence-electron chi connectivity index (χ1n) is 12.8. The summed E-state index contributed by atoms with van der Waals surface area (Å²) in [6.45, 7) is 4.74. The first kappa shape index (κ1) is 25.4. The van der Waals surface area contributed by atoms with E-state index in [1.165, 1.54) is 6.07 Å². The van der Waals surface area contributed by atoms with Crippen LogP contribution in [0.5, 0.6) is 0 Å². The smallest absolute Gasteiger partial charge is 0.416 e. The van der Waals surface area contributed by atoms with Crippen molar-refractivity contribution < 1.29 is 27.5 Å². The van der Waals surface area contributed by atoms with Gasteiger partial charge in [0, 0.05) is 44.6 Å². The highest BCUT2D eigenvalue weighted by Crippen LogP contribution is 2.41. The number of halogens is 3. The largest absolute Gasteiger partial charge is 0.466 e. The second-order valence-corrected chi connectivity index (χ2v) is 9.90. The van der Waals surface area contributed by atoms with E-state index in [4.69, 9.17) is 4.74 Å². The number of nitrogens with zero attached hydrogens (tertiary/aromatic N) is 4. The van der Waals surface area contributed by atoms with Crippen LogP contribution in [-0.2, 0) is 26.9 Å². The summed E-state index contributed by atoms with van der Waals surface area (Å²) in [7, 11) is 0. The number of piperidine rings is 1. The number of hydrogen-bond acceptors (Lipinski definition) is 6. The average molecular weight is 517 g/mol. The zero-order valence-electron chi connectivity index (χ0n) is 20.8. The summed E-state index contributed by atoms with van der Waals surface area (Å²) in [5.41, 5.74) is 0.624. The van der Waals surface area contributed by atoms with Gasteiger partial charge in [0.25, 0.3) is 0 Å². The zero-order chi connectivity index (χ0) is 26.2. The fraction of sp³-hybridized carbons (Fsp3) is 0.519. The van der Waals surface area contributed by atoms with Crippen LogP contribution in [0, 0.1) is 11.8 Å². The van der Waals surface area contributed by atoms with Crippen LogP contribution >= 0.6 is 0 Å². The van der Waals surface area contributed by atoms with Crippen molar-refractivity contribution in [2.24, 2.45) is 11.8 Å². The molecule has 0 radical (unpaired) electrons. The summed E-state index contributed by atoms with van der Waals surface area (Å²) in [6, 6.07) is 9.37. The minimum atomic E-state index is -4.45. The van der Waals surface area contributed by atoms with Crippen LogP contribution in [0.25, 0.3) is 0 Å². The molecule has 2 aromatic rings. The van der Waals surface area contributed by atoms with Gasteiger partial charge in [-0.05, 0) is 62.1 Å². The first-order valence-corrected chi connectivity index (χ1v) is 12.8. The predicted molar refractivity (Wildman–Crippen MR) is 132 cm³/mol. The van der Waals surface area contributed by atoms with E-state index in [2.05, 4.69) is 14.8 Å². The second-order valence-electron chi connectivity index (χ2n) is 9.90. The van der Waals surface area contributed by atoms with Crippen molar-refractivity contribution in [2.75, 3.05) is 49.1 Å². The van der Waals surface area contributed by atoms with Gasteiger partial charge in [0.1, 0.15) is 5.82 Å². The number of pyridine rings is 1. The van der Waals surface area contributed by atoms with E-state index < -0.39 is 17.7 Å². The molecule has 7 nitrogen and oxygen atoms in total. The number of likely N-dealkylation sites (tertiary alicyclic amines) is 1. The van der Waals surface area contributed by atoms with Crippen molar-refractivity contribution in [1.29, 1.82) is 0 Å². The van der Waals surface area contributed by atoms with E-state index in [0.29, 0.717) is 57.7 Å². The first-order chi connectivity index (χ1) is 17.8. The molecular formula is C27H31F3N4O3. The lowest BCUT2D eigenvalue weighted by atomic mass is 9.82. The van der Waals surface area contributed by atoms with E-state index in [-0.39, 0.29) is 30.3 Å². The van der Waals surface area contributed by atoms with E-state index in [0.717, 1.165) is 17.6 Å². The summed E-state index contributed by atoms with van der Waals surface area (Å²) < 4.78 is 45.6. The second kappa shape index (κ2) is 10.2. The summed E-state index contributed by atoms with van der Waals surface area (Å²) >= 11 is 0. The Morgan fingerprint density at radius 1 is 1.08 bits per heavy atom. The monoisotopic (exact) mass is 516 g/mol. The van der Waals surface area contributed by atoms with Gasteiger partial charge in [-0.15, -0.1) is 0 Å². The maximum Gasteiger partial charge on any atom is 0.416 e. The number of anilines is 2. The van der Waals surface area contributed by atoms with Gasteiger partial charge in [-0.25, -0.2) is 4.98 Å². The van der Waals surface area contributed by atoms with Crippen molar-refractivity contribution in [3.05, 3.63) is 53.7 Å². The molecule has 1 amide bonds. The Bertz CT molecular complexity index is 1140. The van der Waals surface area contributed by atoms with Gasteiger partial charge in [0.05, 0.1) is 30.0 Å². The van der Waals surface area contributed by atoms with Crippen molar-refractivity contribution in [3.8, 4) is 0 Å². The number of carbonyl (C=O) groups excluding carboxylic acids is 2. The quantitative estimate of drug-likeness (QED) is 0.577. The Kier molecular flexibility index (Phi) is 7.00. The van der Waals surface area contributed by atoms with Crippen LogP contribution in [-0.4, -0.2) is 67.1 Å². The molecule has 0 bridgehead atoms. The van der Waals surface area contributed by atoms with E-state index in [9.17, 15) is 22.8 Å². The van der Waals surface area contributed by atoms with E-state index in [1.54, 1.807) is 24.1 Å². The fourth-order valence-corrected chi connectivity index (χ4v) is 5.86. The normalized spacial score (nSPS) is 22.3. The molecule has 1 aromatic carbocycles. The van der Waals surface area contributed by atoms with Crippen molar-refractivity contribution in [2.45, 2.75) is 38.4 Å². The lowest BCUT2D eigenvalue weighted by Crippen LogP contribution is -2.62. The third kappa shape index (κ3) is 5.10. The number of aromatic nitrogens is 1. The average Bonchev–Trinajstić information content (AvgIpc) is 2.91. The molecule has 0 N–H and O–H groups in total. The molecule has 10 heteroatoms. The summed E-state index contributed by atoms with van der Waals surface area (Å²) in [6.07, 6.45) is -1.42. The third-order valence-electron chi connectivity index (χ3n) is 7.76. The lowest BCUT2D eigenvalue weighted by molar-refractivity contribution is -0.152. The minimum Gasteiger partial charge on any atom is -0.466 e. The zero-order valence-corrected chi connectivity index (χ0v) is 20.8. The van der Waals surface area contributed by atoms with Crippen LogP contribution in [0.2, 0.25) is 0 Å². The minimum absolute atomic E-state index is 0.0664. The molecule has 2 atom stereocenters. The Labute approximate surface area is 214 Å². The van der Waals surface area contributed by atoms with Crippen LogP contribution in [0.1, 0.15) is 30.9 Å². The maximum atomic E-state index is 13.9. The number of amides is 1. The highest BCUT2D eigenvalue weighted by atomic mass is 19.4. The number of hydrogen-bond donors (Lipinski definition) is 0. The Morgan fingerprint density at radius 3 is 2.54 bits per heavy atom. The molecule has 0 saturated carbocycles. The summed E-state index contributed by atoms with van der Waals surface area (Å²) in [5.74, 6) is -0.201. The van der Waals surface area contributed by atoms with Crippen molar-refractivity contribution >= 4 is 23.4 Å². The number of ether oxygens (including phenoxy) is 1. The van der Waals surface area contributed by atoms with Gasteiger partial charge in [-0.2, -0.15) is 13.2 Å². The number of piperazine rings is 1. The van der Waals surface area contributed by atoms with E-state index >= 15 is 0 Å². The number of alkyl halides is 3. The fourth-order valence-electron chi connectivity index (χ4n) is 5.86.